The lowest BCUT2D eigenvalue weighted by Gasteiger charge is -2.13. The highest BCUT2D eigenvalue weighted by Crippen LogP contribution is 2.40. The molecular weight excluding hydrogens is 402 g/mol. The van der Waals surface area contributed by atoms with E-state index in [1.807, 2.05) is 12.1 Å². The van der Waals surface area contributed by atoms with Crippen LogP contribution in [0.5, 0.6) is 17.2 Å². The number of ether oxygens (including phenoxy) is 3. The molecule has 0 aliphatic carbocycles. The van der Waals surface area contributed by atoms with Crippen molar-refractivity contribution in [2.75, 3.05) is 21.3 Å². The highest BCUT2D eigenvalue weighted by atomic mass is 16.5. The molecule has 0 bridgehead atoms. The Labute approximate surface area is 178 Å². The Morgan fingerprint density at radius 3 is 2.39 bits per heavy atom. The third-order valence-electron chi connectivity index (χ3n) is 4.48. The van der Waals surface area contributed by atoms with Crippen molar-refractivity contribution >= 4 is 5.91 Å². The summed E-state index contributed by atoms with van der Waals surface area (Å²) in [7, 11) is 4.50. The minimum atomic E-state index is -0.420. The zero-order valence-corrected chi connectivity index (χ0v) is 17.5. The molecule has 10 heteroatoms. The van der Waals surface area contributed by atoms with Crippen LogP contribution < -0.4 is 25.1 Å². The number of carbonyl (C=O) groups is 1. The maximum absolute atomic E-state index is 12.5. The van der Waals surface area contributed by atoms with Crippen LogP contribution >= 0.6 is 0 Å². The number of hydrogen-bond acceptors (Lipinski definition) is 8. The van der Waals surface area contributed by atoms with Gasteiger partial charge in [0, 0.05) is 24.6 Å². The van der Waals surface area contributed by atoms with Crippen LogP contribution in [0.25, 0.3) is 11.4 Å². The minimum Gasteiger partial charge on any atom is -0.493 e. The smallest absolute Gasteiger partial charge is 0.273 e. The second-order valence-electron chi connectivity index (χ2n) is 6.46. The number of nitrogens with zero attached hydrogens (tertiary/aromatic N) is 3. The van der Waals surface area contributed by atoms with E-state index in [1.165, 1.54) is 21.3 Å². The first kappa shape index (κ1) is 21.8. The molecule has 2 heterocycles. The second kappa shape index (κ2) is 10.2. The van der Waals surface area contributed by atoms with Gasteiger partial charge < -0.3 is 24.5 Å². The van der Waals surface area contributed by atoms with Crippen LogP contribution in [0.15, 0.2) is 41.3 Å². The molecule has 0 atom stereocenters. The third-order valence-corrected chi connectivity index (χ3v) is 4.48. The number of amides is 1. The van der Waals surface area contributed by atoms with Gasteiger partial charge in [-0.1, -0.05) is 6.07 Å². The van der Waals surface area contributed by atoms with E-state index in [9.17, 15) is 9.59 Å². The summed E-state index contributed by atoms with van der Waals surface area (Å²) in [4.78, 5) is 31.3. The van der Waals surface area contributed by atoms with Crippen molar-refractivity contribution in [3.8, 4) is 28.6 Å². The number of aryl methyl sites for hydroxylation is 1. The number of rotatable bonds is 9. The van der Waals surface area contributed by atoms with E-state index in [0.29, 0.717) is 29.4 Å². The van der Waals surface area contributed by atoms with Gasteiger partial charge in [-0.25, -0.2) is 0 Å². The van der Waals surface area contributed by atoms with Crippen LogP contribution in [0.3, 0.4) is 0 Å². The maximum atomic E-state index is 12.5. The Bertz CT molecular complexity index is 1080. The van der Waals surface area contributed by atoms with Crippen LogP contribution in [0.2, 0.25) is 0 Å². The summed E-state index contributed by atoms with van der Waals surface area (Å²) >= 11 is 0. The third kappa shape index (κ3) is 5.35. The molecule has 31 heavy (non-hydrogen) atoms. The highest BCUT2D eigenvalue weighted by molar-refractivity contribution is 5.76. The van der Waals surface area contributed by atoms with Gasteiger partial charge in [-0.2, -0.15) is 0 Å². The number of aromatic amines is 1. The first-order valence-corrected chi connectivity index (χ1v) is 9.48. The van der Waals surface area contributed by atoms with Crippen molar-refractivity contribution in [3.05, 3.63) is 58.3 Å². The number of pyridine rings is 1. The normalized spacial score (nSPS) is 10.4. The summed E-state index contributed by atoms with van der Waals surface area (Å²) in [5.74, 6) is 1.31. The summed E-state index contributed by atoms with van der Waals surface area (Å²) in [6.07, 6.45) is 1.92. The Balaban J connectivity index is 1.69. The lowest BCUT2D eigenvalue weighted by atomic mass is 10.1. The van der Waals surface area contributed by atoms with Gasteiger partial charge in [-0.3, -0.25) is 14.6 Å². The molecule has 0 spiro atoms. The molecule has 0 radical (unpaired) electrons. The minimum absolute atomic E-state index is 0.105. The molecule has 0 aliphatic heterocycles. The summed E-state index contributed by atoms with van der Waals surface area (Å²) < 4.78 is 15.9. The first-order valence-electron chi connectivity index (χ1n) is 9.48. The van der Waals surface area contributed by atoms with E-state index in [2.05, 4.69) is 25.5 Å². The monoisotopic (exact) mass is 425 g/mol. The largest absolute Gasteiger partial charge is 0.493 e. The SMILES string of the molecule is COc1cc(-c2nnc(CCC(=O)NCc3ccccn3)c(=O)[nH]2)cc(OC)c1OC. The van der Waals surface area contributed by atoms with E-state index >= 15 is 0 Å². The molecule has 0 unspecified atom stereocenters. The molecule has 0 saturated carbocycles. The van der Waals surface area contributed by atoms with E-state index in [0.717, 1.165) is 5.69 Å². The Hall–Kier alpha value is -3.95. The number of carbonyl (C=O) groups excluding carboxylic acids is 1. The van der Waals surface area contributed by atoms with E-state index < -0.39 is 5.56 Å². The topological polar surface area (TPSA) is 128 Å². The van der Waals surface area contributed by atoms with Gasteiger partial charge in [-0.05, 0) is 24.3 Å². The zero-order valence-electron chi connectivity index (χ0n) is 17.5. The molecular formula is C21H23N5O5. The van der Waals surface area contributed by atoms with Crippen molar-refractivity contribution in [1.82, 2.24) is 25.5 Å². The fourth-order valence-electron chi connectivity index (χ4n) is 2.88. The van der Waals surface area contributed by atoms with Gasteiger partial charge in [0.1, 0.15) is 5.69 Å². The number of nitrogens with one attached hydrogen (secondary N) is 2. The molecule has 1 aromatic carbocycles. The quantitative estimate of drug-likeness (QED) is 0.528. The average Bonchev–Trinajstić information content (AvgIpc) is 2.81. The van der Waals surface area contributed by atoms with Crippen LogP contribution in [0, 0.1) is 0 Å². The number of aromatic nitrogens is 4. The van der Waals surface area contributed by atoms with Gasteiger partial charge in [0.15, 0.2) is 17.3 Å². The lowest BCUT2D eigenvalue weighted by Crippen LogP contribution is -2.25. The molecule has 1 amide bonds. The van der Waals surface area contributed by atoms with Crippen molar-refractivity contribution in [1.29, 1.82) is 0 Å². The molecule has 0 saturated heterocycles. The van der Waals surface area contributed by atoms with Gasteiger partial charge in [-0.15, -0.1) is 10.2 Å². The molecule has 0 aliphatic rings. The molecule has 10 nitrogen and oxygen atoms in total. The molecule has 2 N–H and O–H groups in total. The molecule has 162 valence electrons. The standard InChI is InChI=1S/C21H23N5O5/c1-29-16-10-13(11-17(30-2)19(16)31-3)20-24-21(28)15(25-26-20)7-8-18(27)23-12-14-6-4-5-9-22-14/h4-6,9-11H,7-8,12H2,1-3H3,(H,23,27)(H,24,26,28). The first-order chi connectivity index (χ1) is 15.0. The second-order valence-corrected chi connectivity index (χ2v) is 6.46. The van der Waals surface area contributed by atoms with Crippen molar-refractivity contribution in [2.24, 2.45) is 0 Å². The van der Waals surface area contributed by atoms with E-state index in [1.54, 1.807) is 24.4 Å². The van der Waals surface area contributed by atoms with Gasteiger partial charge in [0.05, 0.1) is 33.6 Å². The fraction of sp³-hybridized carbons (Fsp3) is 0.286. The summed E-state index contributed by atoms with van der Waals surface area (Å²) in [5, 5.41) is 10.8. The summed E-state index contributed by atoms with van der Waals surface area (Å²) in [5.41, 5.74) is 1.04. The van der Waals surface area contributed by atoms with Gasteiger partial charge >= 0.3 is 0 Å². The average molecular weight is 425 g/mol. The predicted molar refractivity (Wildman–Crippen MR) is 112 cm³/mol. The van der Waals surface area contributed by atoms with Crippen LogP contribution in [0.1, 0.15) is 17.8 Å². The zero-order chi connectivity index (χ0) is 22.2. The van der Waals surface area contributed by atoms with Gasteiger partial charge in [0.25, 0.3) is 5.56 Å². The molecule has 3 aromatic rings. The number of H-pyrrole nitrogens is 1. The fourth-order valence-corrected chi connectivity index (χ4v) is 2.88. The highest BCUT2D eigenvalue weighted by Gasteiger charge is 2.16. The summed E-state index contributed by atoms with van der Waals surface area (Å²) in [6, 6.07) is 8.79. The van der Waals surface area contributed by atoms with Crippen LogP contribution in [-0.2, 0) is 17.8 Å². The number of methoxy groups -OCH3 is 3. The number of hydrogen-bond donors (Lipinski definition) is 2. The Kier molecular flexibility index (Phi) is 7.15. The predicted octanol–water partition coefficient (Wildman–Crippen LogP) is 1.50. The van der Waals surface area contributed by atoms with Crippen LogP contribution in [0.4, 0.5) is 0 Å². The Morgan fingerprint density at radius 2 is 1.81 bits per heavy atom. The molecule has 3 rings (SSSR count). The Morgan fingerprint density at radius 1 is 1.06 bits per heavy atom. The maximum Gasteiger partial charge on any atom is 0.273 e. The molecule has 0 fully saturated rings. The van der Waals surface area contributed by atoms with Gasteiger partial charge in [0.2, 0.25) is 11.7 Å². The van der Waals surface area contributed by atoms with Crippen molar-refractivity contribution < 1.29 is 19.0 Å². The van der Waals surface area contributed by atoms with Crippen LogP contribution in [-0.4, -0.2) is 47.4 Å². The van der Waals surface area contributed by atoms with E-state index in [-0.39, 0.29) is 30.3 Å². The molecule has 2 aromatic heterocycles. The van der Waals surface area contributed by atoms with Crippen molar-refractivity contribution in [2.45, 2.75) is 19.4 Å². The lowest BCUT2D eigenvalue weighted by molar-refractivity contribution is -0.121. The summed E-state index contributed by atoms with van der Waals surface area (Å²) in [6.45, 7) is 0.321. The van der Waals surface area contributed by atoms with E-state index in [4.69, 9.17) is 14.2 Å². The number of benzene rings is 1. The van der Waals surface area contributed by atoms with Crippen molar-refractivity contribution in [3.63, 3.8) is 0 Å².